The summed E-state index contributed by atoms with van der Waals surface area (Å²) in [6.45, 7) is 4.65. The smallest absolute Gasteiger partial charge is 0.462 e. The molecule has 5 atom stereocenters. The van der Waals surface area contributed by atoms with Crippen LogP contribution in [-0.2, 0) is 65.4 Å². The van der Waals surface area contributed by atoms with Crippen LogP contribution in [0, 0.1) is 0 Å². The summed E-state index contributed by atoms with van der Waals surface area (Å²) in [5, 5.41) is 10.7. The van der Waals surface area contributed by atoms with Gasteiger partial charge in [0.2, 0.25) is 0 Å². The summed E-state index contributed by atoms with van der Waals surface area (Å²) in [5.41, 5.74) is 0. The molecule has 0 rings (SSSR count). The van der Waals surface area contributed by atoms with Crippen molar-refractivity contribution in [2.45, 2.75) is 367 Å². The Morgan fingerprint density at radius 3 is 0.821 bits per heavy atom. The quantitative estimate of drug-likeness (QED) is 0.0169. The number of unbranched alkanes of at least 4 members (excludes halogenated alkanes) is 32. The number of aliphatic hydroxyl groups excluding tert-OH is 1. The molecular formula is C87H150O17P2. The molecule has 106 heavy (non-hydrogen) atoms. The predicted molar refractivity (Wildman–Crippen MR) is 436 cm³/mol. The van der Waals surface area contributed by atoms with E-state index in [0.29, 0.717) is 25.7 Å². The number of rotatable bonds is 78. The highest BCUT2D eigenvalue weighted by Gasteiger charge is 2.30. The maximum Gasteiger partial charge on any atom is 0.472 e. The minimum absolute atomic E-state index is 0.0691. The van der Waals surface area contributed by atoms with E-state index in [9.17, 15) is 43.2 Å². The van der Waals surface area contributed by atoms with Gasteiger partial charge in [-0.25, -0.2) is 9.13 Å². The Hall–Kier alpha value is -4.54. The largest absolute Gasteiger partial charge is 0.472 e. The number of hydrogen-bond acceptors (Lipinski definition) is 15. The highest BCUT2D eigenvalue weighted by Crippen LogP contribution is 2.45. The summed E-state index contributed by atoms with van der Waals surface area (Å²) in [7, 11) is -9.98. The average Bonchev–Trinajstić information content (AvgIpc) is 0.901. The molecule has 0 aromatic heterocycles. The van der Waals surface area contributed by atoms with Crippen molar-refractivity contribution >= 4 is 39.5 Å². The Kier molecular flexibility index (Phi) is 75.2. The maximum absolute atomic E-state index is 13.1. The summed E-state index contributed by atoms with van der Waals surface area (Å²) in [6.07, 6.45) is 87.3. The Balaban J connectivity index is 5.38. The van der Waals surface area contributed by atoms with Crippen molar-refractivity contribution in [2.75, 3.05) is 39.6 Å². The molecule has 19 heteroatoms. The second-order valence-electron chi connectivity index (χ2n) is 27.7. The minimum atomic E-state index is -4.99. The Bertz CT molecular complexity index is 2480. The van der Waals surface area contributed by atoms with Crippen LogP contribution in [-0.4, -0.2) is 96.7 Å². The first-order chi connectivity index (χ1) is 51.7. The zero-order valence-corrected chi connectivity index (χ0v) is 68.6. The first kappa shape index (κ1) is 101. The van der Waals surface area contributed by atoms with Gasteiger partial charge in [0.05, 0.1) is 26.4 Å². The van der Waals surface area contributed by atoms with Gasteiger partial charge >= 0.3 is 39.5 Å². The van der Waals surface area contributed by atoms with Crippen molar-refractivity contribution < 1.29 is 80.2 Å². The van der Waals surface area contributed by atoms with Crippen LogP contribution in [0.15, 0.2) is 122 Å². The third-order valence-corrected chi connectivity index (χ3v) is 19.3. The van der Waals surface area contributed by atoms with Gasteiger partial charge in [-0.3, -0.25) is 37.3 Å². The second kappa shape index (κ2) is 78.6. The molecule has 0 spiro atoms. The molecule has 17 nitrogen and oxygen atoms in total. The Morgan fingerprint density at radius 1 is 0.274 bits per heavy atom. The first-order valence-corrected chi connectivity index (χ1v) is 44.8. The summed E-state index contributed by atoms with van der Waals surface area (Å²) < 4.78 is 68.7. The zero-order valence-electron chi connectivity index (χ0n) is 66.8. The fraction of sp³-hybridized carbons (Fsp3) is 0.724. The van der Waals surface area contributed by atoms with E-state index >= 15 is 0 Å². The van der Waals surface area contributed by atoms with Crippen LogP contribution >= 0.6 is 15.6 Å². The van der Waals surface area contributed by atoms with Crippen LogP contribution in [0.3, 0.4) is 0 Å². The molecule has 5 unspecified atom stereocenters. The van der Waals surface area contributed by atoms with Gasteiger partial charge in [-0.05, 0) is 135 Å². The molecule has 0 aromatic carbocycles. The van der Waals surface area contributed by atoms with Crippen LogP contribution in [0.25, 0.3) is 0 Å². The van der Waals surface area contributed by atoms with Gasteiger partial charge in [0.15, 0.2) is 12.2 Å². The molecule has 0 aliphatic heterocycles. The van der Waals surface area contributed by atoms with Gasteiger partial charge in [-0.2, -0.15) is 0 Å². The molecule has 610 valence electrons. The number of allylic oxidation sites excluding steroid dienone is 20. The zero-order chi connectivity index (χ0) is 77.4. The van der Waals surface area contributed by atoms with Gasteiger partial charge in [0.25, 0.3) is 0 Å². The number of carbonyl (C=O) groups excluding carboxylic acids is 4. The van der Waals surface area contributed by atoms with E-state index in [-0.39, 0.29) is 25.7 Å². The van der Waals surface area contributed by atoms with Crippen LogP contribution in [0.5, 0.6) is 0 Å². The molecule has 0 aliphatic rings. The summed E-state index contributed by atoms with van der Waals surface area (Å²) in [4.78, 5) is 73.1. The van der Waals surface area contributed by atoms with Crippen LogP contribution in [0.2, 0.25) is 0 Å². The summed E-state index contributed by atoms with van der Waals surface area (Å²) in [6, 6.07) is 0. The molecule has 0 aromatic rings. The van der Waals surface area contributed by atoms with E-state index in [4.69, 9.17) is 37.0 Å². The molecular weight excluding hydrogens is 1380 g/mol. The van der Waals surface area contributed by atoms with Gasteiger partial charge in [0, 0.05) is 25.7 Å². The van der Waals surface area contributed by atoms with Crippen LogP contribution in [0.4, 0.5) is 0 Å². The number of ether oxygens (including phenoxy) is 4. The molecule has 3 N–H and O–H groups in total. The second-order valence-corrected chi connectivity index (χ2v) is 30.6. The lowest BCUT2D eigenvalue weighted by Crippen LogP contribution is -2.30. The molecule has 0 saturated carbocycles. The van der Waals surface area contributed by atoms with Gasteiger partial charge in [0.1, 0.15) is 19.3 Å². The normalized spacial score (nSPS) is 14.4. The fourth-order valence-electron chi connectivity index (χ4n) is 11.1. The Morgan fingerprint density at radius 2 is 0.509 bits per heavy atom. The van der Waals surface area contributed by atoms with E-state index in [0.717, 1.165) is 186 Å². The van der Waals surface area contributed by atoms with E-state index in [1.165, 1.54) is 83.5 Å². The highest BCUT2D eigenvalue weighted by atomic mass is 31.2. The summed E-state index contributed by atoms with van der Waals surface area (Å²) in [5.74, 6) is -2.23. The van der Waals surface area contributed by atoms with E-state index in [1.54, 1.807) is 0 Å². The van der Waals surface area contributed by atoms with Gasteiger partial charge in [-0.1, -0.05) is 310 Å². The number of hydrogen-bond donors (Lipinski definition) is 3. The van der Waals surface area contributed by atoms with E-state index in [1.807, 2.05) is 0 Å². The first-order valence-electron chi connectivity index (χ1n) is 41.8. The highest BCUT2D eigenvalue weighted by molar-refractivity contribution is 7.47. The third kappa shape index (κ3) is 77.6. The molecule has 0 bridgehead atoms. The van der Waals surface area contributed by atoms with Crippen molar-refractivity contribution in [1.82, 2.24) is 0 Å². The number of phosphoric ester groups is 2. The van der Waals surface area contributed by atoms with E-state index in [2.05, 4.69) is 149 Å². The maximum atomic E-state index is 13.1. The lowest BCUT2D eigenvalue weighted by Gasteiger charge is -2.21. The molecule has 0 saturated heterocycles. The topological polar surface area (TPSA) is 237 Å². The van der Waals surface area contributed by atoms with Crippen molar-refractivity contribution in [3.8, 4) is 0 Å². The number of phosphoric acid groups is 2. The number of aliphatic hydroxyl groups is 1. The number of esters is 4. The molecule has 0 aliphatic carbocycles. The average molecular weight is 1530 g/mol. The van der Waals surface area contributed by atoms with Crippen molar-refractivity contribution in [3.05, 3.63) is 122 Å². The minimum Gasteiger partial charge on any atom is -0.462 e. The lowest BCUT2D eigenvalue weighted by atomic mass is 10.0. The van der Waals surface area contributed by atoms with Crippen molar-refractivity contribution in [2.24, 2.45) is 0 Å². The van der Waals surface area contributed by atoms with Crippen LogP contribution < -0.4 is 0 Å². The lowest BCUT2D eigenvalue weighted by molar-refractivity contribution is -0.161. The predicted octanol–water partition coefficient (Wildman–Crippen LogP) is 24.7. The fourth-order valence-corrected chi connectivity index (χ4v) is 12.6. The monoisotopic (exact) mass is 1530 g/mol. The molecule has 0 radical (unpaired) electrons. The van der Waals surface area contributed by atoms with Crippen LogP contribution in [0.1, 0.15) is 349 Å². The van der Waals surface area contributed by atoms with Gasteiger partial charge in [-0.15, -0.1) is 0 Å². The molecule has 0 amide bonds. The SMILES string of the molecule is CC/C=C\C/C=C\C/C=C\C/C=C\C/C=C\CCCCCC(=O)OCC(COP(=O)(O)OCC(O)COP(=O)(O)OCC(COC(=O)CCCCCCCC/C=C\C/C=C\C/C=C\CCCCC)OC(=O)CCCCCCCCCCCCCCCCC)OC(=O)CCCCCCC/C=C\C/C=C\CCC. The molecule has 0 heterocycles. The molecule has 0 fully saturated rings. The van der Waals surface area contributed by atoms with Gasteiger partial charge < -0.3 is 33.8 Å². The summed E-state index contributed by atoms with van der Waals surface area (Å²) >= 11 is 0. The number of carbonyl (C=O) groups is 4. The van der Waals surface area contributed by atoms with Crippen molar-refractivity contribution in [1.29, 1.82) is 0 Å². The standard InChI is InChI=1S/C87H150O17P2/c1-5-9-13-17-21-25-29-33-36-38-40-42-45-48-51-55-59-63-67-71-84(89)97-77-82(103-86(91)73-69-65-61-57-53-47-32-28-24-20-16-12-8-4)79-101-105(93,94)99-75-81(88)76-100-106(95,96)102-80-83(104-87(92)74-70-66-62-58-54-50-44-35-31-27-23-19-15-11-7-3)78-98-85(90)72-68-64-60-56-52-49-46-43-41-39-37-34-30-26-22-18-14-10-6-2/h9,13,16,20-22,25-26,28,32-34,36-37,40-43,48,51,81-83,88H,5-8,10-12,14-15,17-19,23-24,27,29-31,35,38-39,44-47,49-50,52-80H2,1-4H3,(H,93,94)(H,95,96)/b13-9-,20-16-,25-21-,26-22-,32-28-,36-33-,37-34-,42-40-,43-41-,51-48-. The third-order valence-electron chi connectivity index (χ3n) is 17.4. The Labute approximate surface area is 644 Å². The van der Waals surface area contributed by atoms with Crippen molar-refractivity contribution in [3.63, 3.8) is 0 Å². The van der Waals surface area contributed by atoms with E-state index < -0.39 is 97.5 Å².